The Hall–Kier alpha value is -7.42. The largest absolute Gasteiger partial charge is 0.310 e. The molecule has 0 N–H and O–H groups in total. The number of nitrogens with zero attached hydrogens (tertiary/aromatic N) is 2. The summed E-state index contributed by atoms with van der Waals surface area (Å²) < 4.78 is 0. The summed E-state index contributed by atoms with van der Waals surface area (Å²) >= 11 is 0. The minimum Gasteiger partial charge on any atom is -0.310 e. The van der Waals surface area contributed by atoms with Gasteiger partial charge in [-0.25, -0.2) is 0 Å². The second-order valence-electron chi connectivity index (χ2n) is 20.8. The van der Waals surface area contributed by atoms with Gasteiger partial charge in [-0.15, -0.1) is 0 Å². The van der Waals surface area contributed by atoms with E-state index in [1.807, 2.05) is 0 Å². The first-order valence-corrected chi connectivity index (χ1v) is 27.3. The summed E-state index contributed by atoms with van der Waals surface area (Å²) in [4.78, 5) is 5.36. The van der Waals surface area contributed by atoms with E-state index in [2.05, 4.69) is 204 Å². The van der Waals surface area contributed by atoms with Crippen molar-refractivity contribution in [3.8, 4) is 44.5 Å². The van der Waals surface area contributed by atoms with Crippen LogP contribution in [0.4, 0.5) is 34.1 Å². The Balaban J connectivity index is 1.01. The van der Waals surface area contributed by atoms with Crippen molar-refractivity contribution in [3.05, 3.63) is 239 Å². The third kappa shape index (κ3) is 8.16. The molecule has 4 aliphatic rings. The molecule has 13 rings (SSSR count). The monoisotopic (exact) mass is 933 g/mol. The van der Waals surface area contributed by atoms with Crippen molar-refractivity contribution in [3.63, 3.8) is 0 Å². The lowest BCUT2D eigenvalue weighted by atomic mass is 9.75. The zero-order chi connectivity index (χ0) is 47.8. The number of benzene rings is 9. The van der Waals surface area contributed by atoms with Crippen LogP contribution in [0.15, 0.2) is 194 Å². The highest BCUT2D eigenvalue weighted by atomic mass is 15.2. The van der Waals surface area contributed by atoms with Crippen molar-refractivity contribution in [2.24, 2.45) is 0 Å². The third-order valence-electron chi connectivity index (χ3n) is 16.6. The number of anilines is 6. The van der Waals surface area contributed by atoms with Gasteiger partial charge in [-0.2, -0.15) is 0 Å². The van der Waals surface area contributed by atoms with Gasteiger partial charge in [-0.1, -0.05) is 146 Å². The molecule has 0 unspecified atom stereocenters. The van der Waals surface area contributed by atoms with Crippen molar-refractivity contribution in [1.82, 2.24) is 0 Å². The molecule has 4 aliphatic carbocycles. The van der Waals surface area contributed by atoms with Crippen molar-refractivity contribution in [2.45, 2.75) is 103 Å². The maximum Gasteiger partial charge on any atom is 0.0531 e. The van der Waals surface area contributed by atoms with Crippen LogP contribution in [0.5, 0.6) is 0 Å². The highest BCUT2D eigenvalue weighted by molar-refractivity contribution is 5.92. The molecule has 0 saturated carbocycles. The molecule has 0 bridgehead atoms. The maximum absolute atomic E-state index is 2.68. The average Bonchev–Trinajstić information content (AvgIpc) is 3.46. The van der Waals surface area contributed by atoms with E-state index in [-0.39, 0.29) is 0 Å². The molecule has 9 aromatic carbocycles. The van der Waals surface area contributed by atoms with E-state index >= 15 is 0 Å². The molecule has 0 radical (unpaired) electrons. The van der Waals surface area contributed by atoms with Gasteiger partial charge in [0.1, 0.15) is 0 Å². The van der Waals surface area contributed by atoms with Gasteiger partial charge in [0.25, 0.3) is 0 Å². The Kier molecular flexibility index (Phi) is 12.1. The molecule has 0 atom stereocenters. The van der Waals surface area contributed by atoms with Crippen LogP contribution >= 0.6 is 0 Å². The Morgan fingerprint density at radius 3 is 0.667 bits per heavy atom. The number of fused-ring (bicyclic) bond motifs is 4. The van der Waals surface area contributed by atoms with Crippen molar-refractivity contribution >= 4 is 34.1 Å². The van der Waals surface area contributed by atoms with E-state index < -0.39 is 0 Å². The van der Waals surface area contributed by atoms with Gasteiger partial charge in [-0.05, 0) is 240 Å². The summed E-state index contributed by atoms with van der Waals surface area (Å²) in [6.07, 6.45) is 18.8. The van der Waals surface area contributed by atoms with Gasteiger partial charge in [0.2, 0.25) is 0 Å². The van der Waals surface area contributed by atoms with E-state index in [0.29, 0.717) is 0 Å². The first kappa shape index (κ1) is 44.5. The SMILES string of the molecule is c1ccc(-c2ccc(N(c3ccc(N(c4ccc(-c5ccccc5)cc4)c4c5c(c(-c6ccccc6)c6c4CCCC6)CCCC5)cc3)c3c4c(c(-c5ccccc5)c5c3CCCC5)CCCC4)cc2)cc1. The fourth-order valence-corrected chi connectivity index (χ4v) is 13.4. The normalized spacial score (nSPS) is 14.9. The summed E-state index contributed by atoms with van der Waals surface area (Å²) in [6, 6.07) is 73.2. The van der Waals surface area contributed by atoms with Crippen molar-refractivity contribution in [1.29, 1.82) is 0 Å². The lowest BCUT2D eigenvalue weighted by Gasteiger charge is -2.38. The Bertz CT molecular complexity index is 3050. The number of hydrogen-bond donors (Lipinski definition) is 0. The lowest BCUT2D eigenvalue weighted by molar-refractivity contribution is 0.661. The highest BCUT2D eigenvalue weighted by Crippen LogP contribution is 2.53. The van der Waals surface area contributed by atoms with Gasteiger partial charge in [0.05, 0.1) is 11.4 Å². The maximum atomic E-state index is 2.68. The topological polar surface area (TPSA) is 6.48 Å². The molecule has 354 valence electrons. The molecule has 0 fully saturated rings. The van der Waals surface area contributed by atoms with Gasteiger partial charge in [0.15, 0.2) is 0 Å². The summed E-state index contributed by atoms with van der Waals surface area (Å²) in [6.45, 7) is 0. The Labute approximate surface area is 427 Å². The summed E-state index contributed by atoms with van der Waals surface area (Å²) in [5.74, 6) is 0. The highest BCUT2D eigenvalue weighted by Gasteiger charge is 2.34. The van der Waals surface area contributed by atoms with E-state index in [1.165, 1.54) is 130 Å². The van der Waals surface area contributed by atoms with E-state index in [0.717, 1.165) is 51.4 Å². The summed E-state index contributed by atoms with van der Waals surface area (Å²) in [5.41, 5.74) is 31.3. The Morgan fingerprint density at radius 1 is 0.194 bits per heavy atom. The van der Waals surface area contributed by atoms with Crippen LogP contribution in [0.2, 0.25) is 0 Å². The molecule has 9 aromatic rings. The molecule has 2 nitrogen and oxygen atoms in total. The fourth-order valence-electron chi connectivity index (χ4n) is 13.4. The van der Waals surface area contributed by atoms with Crippen LogP contribution in [0.25, 0.3) is 44.5 Å². The van der Waals surface area contributed by atoms with Crippen molar-refractivity contribution < 1.29 is 0 Å². The van der Waals surface area contributed by atoms with E-state index in [1.54, 1.807) is 44.5 Å². The number of hydrogen-bond acceptors (Lipinski definition) is 2. The second kappa shape index (κ2) is 19.6. The second-order valence-corrected chi connectivity index (χ2v) is 20.8. The number of rotatable bonds is 10. The molecule has 72 heavy (non-hydrogen) atoms. The zero-order valence-electron chi connectivity index (χ0n) is 41.7. The molecule has 0 spiro atoms. The van der Waals surface area contributed by atoms with Gasteiger partial charge in [0, 0.05) is 22.7 Å². The summed E-state index contributed by atoms with van der Waals surface area (Å²) in [5, 5.41) is 0. The molecule has 0 heterocycles. The standard InChI is InChI=1S/C70H64N2/c1-5-21-49(22-6-1)51-37-41-55(42-38-51)71(69-63-33-17-13-29-59(63)67(53-25-9-3-10-26-53)60-30-14-18-34-64(60)69)57-45-47-58(48-46-57)72(56-43-39-52(40-44-56)50-23-7-2-8-24-50)70-65-35-19-15-31-61(65)68(54-27-11-4-12-28-54)62-32-16-20-36-66(62)70/h1-12,21-28,37-48H,13-20,29-36H2. The predicted molar refractivity (Wildman–Crippen MR) is 304 cm³/mol. The van der Waals surface area contributed by atoms with Crippen LogP contribution in [-0.4, -0.2) is 0 Å². The van der Waals surface area contributed by atoms with E-state index in [9.17, 15) is 0 Å². The Morgan fingerprint density at radius 2 is 0.403 bits per heavy atom. The first-order valence-electron chi connectivity index (χ1n) is 27.3. The minimum absolute atomic E-state index is 1.11. The van der Waals surface area contributed by atoms with Gasteiger partial charge < -0.3 is 9.80 Å². The molecular weight excluding hydrogens is 869 g/mol. The van der Waals surface area contributed by atoms with Crippen molar-refractivity contribution in [2.75, 3.05) is 9.80 Å². The molecule has 2 heteroatoms. The van der Waals surface area contributed by atoms with Crippen LogP contribution in [0.1, 0.15) is 95.9 Å². The average molecular weight is 933 g/mol. The molecule has 0 aliphatic heterocycles. The lowest BCUT2D eigenvalue weighted by Crippen LogP contribution is -2.22. The van der Waals surface area contributed by atoms with Crippen LogP contribution in [-0.2, 0) is 51.4 Å². The molecule has 0 aromatic heterocycles. The fraction of sp³-hybridized carbons (Fsp3) is 0.229. The molecule has 0 amide bonds. The van der Waals surface area contributed by atoms with Gasteiger partial charge >= 0.3 is 0 Å². The molecule has 0 saturated heterocycles. The van der Waals surface area contributed by atoms with Crippen LogP contribution in [0.3, 0.4) is 0 Å². The predicted octanol–water partition coefficient (Wildman–Crippen LogP) is 18.8. The molecular formula is C70H64N2. The quantitative estimate of drug-likeness (QED) is 0.135. The van der Waals surface area contributed by atoms with E-state index in [4.69, 9.17) is 0 Å². The van der Waals surface area contributed by atoms with Gasteiger partial charge in [-0.3, -0.25) is 0 Å². The zero-order valence-corrected chi connectivity index (χ0v) is 41.7. The minimum atomic E-state index is 1.11. The van der Waals surface area contributed by atoms with Crippen LogP contribution in [0, 0.1) is 0 Å². The smallest absolute Gasteiger partial charge is 0.0531 e. The third-order valence-corrected chi connectivity index (χ3v) is 16.6. The first-order chi connectivity index (χ1) is 35.8. The summed E-state index contributed by atoms with van der Waals surface area (Å²) in [7, 11) is 0. The van der Waals surface area contributed by atoms with Crippen LogP contribution < -0.4 is 9.80 Å².